The van der Waals surface area contributed by atoms with Crippen molar-refractivity contribution in [1.82, 2.24) is 0 Å². The number of carbonyl (C=O) groups excluding carboxylic acids is 1. The molecule has 4 rings (SSSR count). The fourth-order valence-corrected chi connectivity index (χ4v) is 3.52. The van der Waals surface area contributed by atoms with Crippen molar-refractivity contribution in [2.45, 2.75) is 6.92 Å². The predicted octanol–water partition coefficient (Wildman–Crippen LogP) is 5.46. The normalized spacial score (nSPS) is 14.1. The number of aryl methyl sites for hydroxylation is 1. The third kappa shape index (κ3) is 5.35. The third-order valence-corrected chi connectivity index (χ3v) is 5.16. The molecule has 0 bridgehead atoms. The molecule has 3 aromatic rings. The van der Waals surface area contributed by atoms with Crippen LogP contribution in [-0.4, -0.2) is 32.2 Å². The van der Waals surface area contributed by atoms with Crippen molar-refractivity contribution < 1.29 is 23.7 Å². The van der Waals surface area contributed by atoms with Gasteiger partial charge in [0, 0.05) is 5.56 Å². The highest BCUT2D eigenvalue weighted by molar-refractivity contribution is 6.32. The predicted molar refractivity (Wildman–Crippen MR) is 127 cm³/mol. The second-order valence-corrected chi connectivity index (χ2v) is 7.61. The maximum absolute atomic E-state index is 12.3. The quantitative estimate of drug-likeness (QED) is 0.252. The fraction of sp³-hybridized carbons (Fsp3) is 0.154. The van der Waals surface area contributed by atoms with E-state index >= 15 is 0 Å². The van der Waals surface area contributed by atoms with Crippen LogP contribution in [0.4, 0.5) is 0 Å². The van der Waals surface area contributed by atoms with Gasteiger partial charge >= 0.3 is 5.97 Å². The number of aliphatic imine (C=N–C) groups is 1. The van der Waals surface area contributed by atoms with Gasteiger partial charge in [0.15, 0.2) is 17.2 Å². The molecule has 1 aliphatic rings. The SMILES string of the molecule is COc1cc(/C=C2/N=C(c3ccccc3)OC2=O)cc(Cl)c1OCCOc1ccccc1C. The Morgan fingerprint density at radius 1 is 0.970 bits per heavy atom. The van der Waals surface area contributed by atoms with Crippen molar-refractivity contribution >= 4 is 29.5 Å². The van der Waals surface area contributed by atoms with E-state index in [0.717, 1.165) is 16.9 Å². The Labute approximate surface area is 197 Å². The topological polar surface area (TPSA) is 66.4 Å². The van der Waals surface area contributed by atoms with Crippen LogP contribution in [0.1, 0.15) is 16.7 Å². The van der Waals surface area contributed by atoms with Gasteiger partial charge in [-0.3, -0.25) is 0 Å². The van der Waals surface area contributed by atoms with Gasteiger partial charge in [0.1, 0.15) is 19.0 Å². The van der Waals surface area contributed by atoms with E-state index in [2.05, 4.69) is 4.99 Å². The van der Waals surface area contributed by atoms with E-state index in [1.54, 1.807) is 18.2 Å². The molecule has 6 nitrogen and oxygen atoms in total. The number of nitrogens with zero attached hydrogens (tertiary/aromatic N) is 1. The molecule has 1 aliphatic heterocycles. The number of carbonyl (C=O) groups is 1. The molecule has 168 valence electrons. The van der Waals surface area contributed by atoms with Crippen molar-refractivity contribution in [2.24, 2.45) is 4.99 Å². The van der Waals surface area contributed by atoms with Crippen LogP contribution in [-0.2, 0) is 9.53 Å². The number of rotatable bonds is 8. The zero-order valence-corrected chi connectivity index (χ0v) is 19.0. The molecular formula is C26H22ClNO5. The summed E-state index contributed by atoms with van der Waals surface area (Å²) in [4.78, 5) is 16.6. The standard InChI is InChI=1S/C26H22ClNO5/c1-17-8-6-7-11-22(17)31-12-13-32-24-20(27)14-18(16-23(24)30-2)15-21-26(29)33-25(28-21)19-9-4-3-5-10-19/h3-11,14-16H,12-13H2,1-2H3/b21-15+. The molecule has 1 heterocycles. The first kappa shape index (κ1) is 22.4. The molecule has 0 atom stereocenters. The lowest BCUT2D eigenvalue weighted by atomic mass is 10.1. The van der Waals surface area contributed by atoms with Crippen molar-refractivity contribution in [2.75, 3.05) is 20.3 Å². The highest BCUT2D eigenvalue weighted by atomic mass is 35.5. The van der Waals surface area contributed by atoms with E-state index in [1.807, 2.05) is 61.5 Å². The minimum atomic E-state index is -0.530. The molecule has 0 N–H and O–H groups in total. The zero-order valence-electron chi connectivity index (χ0n) is 18.2. The Kier molecular flexibility index (Phi) is 6.95. The van der Waals surface area contributed by atoms with Gasteiger partial charge in [-0.2, -0.15) is 0 Å². The first-order valence-corrected chi connectivity index (χ1v) is 10.7. The zero-order chi connectivity index (χ0) is 23.2. The number of hydrogen-bond acceptors (Lipinski definition) is 6. The summed E-state index contributed by atoms with van der Waals surface area (Å²) in [5.74, 6) is 1.37. The van der Waals surface area contributed by atoms with Crippen LogP contribution >= 0.6 is 11.6 Å². The highest BCUT2D eigenvalue weighted by Crippen LogP contribution is 2.37. The van der Waals surface area contributed by atoms with E-state index < -0.39 is 5.97 Å². The van der Waals surface area contributed by atoms with Crippen LogP contribution < -0.4 is 14.2 Å². The van der Waals surface area contributed by atoms with Gasteiger partial charge in [0.25, 0.3) is 0 Å². The molecule has 0 radical (unpaired) electrons. The minimum absolute atomic E-state index is 0.173. The van der Waals surface area contributed by atoms with Gasteiger partial charge in [-0.05, 0) is 54.5 Å². The lowest BCUT2D eigenvalue weighted by Crippen LogP contribution is -2.10. The molecule has 0 fully saturated rings. The number of halogens is 1. The van der Waals surface area contributed by atoms with Gasteiger partial charge in [-0.15, -0.1) is 0 Å². The van der Waals surface area contributed by atoms with Gasteiger partial charge in [0.2, 0.25) is 5.90 Å². The molecule has 0 aromatic heterocycles. The second-order valence-electron chi connectivity index (χ2n) is 7.20. The Hall–Kier alpha value is -3.77. The van der Waals surface area contributed by atoms with Crippen LogP contribution in [0.15, 0.2) is 77.4 Å². The molecule has 33 heavy (non-hydrogen) atoms. The Bertz CT molecular complexity index is 1220. The van der Waals surface area contributed by atoms with E-state index in [4.69, 9.17) is 30.5 Å². The molecule has 0 saturated heterocycles. The largest absolute Gasteiger partial charge is 0.493 e. The number of methoxy groups -OCH3 is 1. The Morgan fingerprint density at radius 3 is 2.45 bits per heavy atom. The lowest BCUT2D eigenvalue weighted by Gasteiger charge is -2.14. The molecule has 0 amide bonds. The van der Waals surface area contributed by atoms with E-state index in [-0.39, 0.29) is 18.2 Å². The second kappa shape index (κ2) is 10.2. The molecule has 7 heteroatoms. The molecule has 0 spiro atoms. The number of esters is 1. The van der Waals surface area contributed by atoms with Gasteiger partial charge < -0.3 is 18.9 Å². The molecule has 3 aromatic carbocycles. The number of cyclic esters (lactones) is 1. The summed E-state index contributed by atoms with van der Waals surface area (Å²) < 4.78 is 22.3. The third-order valence-electron chi connectivity index (χ3n) is 4.88. The molecule has 0 aliphatic carbocycles. The van der Waals surface area contributed by atoms with Gasteiger partial charge in [-0.1, -0.05) is 48.0 Å². The number of ether oxygens (including phenoxy) is 4. The monoisotopic (exact) mass is 463 g/mol. The summed E-state index contributed by atoms with van der Waals surface area (Å²) >= 11 is 6.45. The summed E-state index contributed by atoms with van der Waals surface area (Å²) in [5.41, 5.74) is 2.58. The maximum atomic E-state index is 12.3. The van der Waals surface area contributed by atoms with Crippen molar-refractivity contribution in [1.29, 1.82) is 0 Å². The van der Waals surface area contributed by atoms with Gasteiger partial charge in [-0.25, -0.2) is 9.79 Å². The van der Waals surface area contributed by atoms with Crippen molar-refractivity contribution in [3.63, 3.8) is 0 Å². The van der Waals surface area contributed by atoms with Crippen LogP contribution in [0.5, 0.6) is 17.2 Å². The number of hydrogen-bond donors (Lipinski definition) is 0. The van der Waals surface area contributed by atoms with Crippen LogP contribution in [0.25, 0.3) is 6.08 Å². The van der Waals surface area contributed by atoms with E-state index in [9.17, 15) is 4.79 Å². The average Bonchev–Trinajstić information content (AvgIpc) is 3.19. The first-order valence-electron chi connectivity index (χ1n) is 10.3. The minimum Gasteiger partial charge on any atom is -0.493 e. The summed E-state index contributed by atoms with van der Waals surface area (Å²) in [6.45, 7) is 2.61. The highest BCUT2D eigenvalue weighted by Gasteiger charge is 2.24. The van der Waals surface area contributed by atoms with Crippen molar-refractivity contribution in [3.8, 4) is 17.2 Å². The first-order chi connectivity index (χ1) is 16.0. The summed E-state index contributed by atoms with van der Waals surface area (Å²) in [6.07, 6.45) is 1.59. The van der Waals surface area contributed by atoms with E-state index in [1.165, 1.54) is 7.11 Å². The molecule has 0 saturated carbocycles. The Morgan fingerprint density at radius 2 is 1.70 bits per heavy atom. The van der Waals surface area contributed by atoms with E-state index in [0.29, 0.717) is 28.7 Å². The molecular weight excluding hydrogens is 442 g/mol. The average molecular weight is 464 g/mol. The Balaban J connectivity index is 1.47. The van der Waals surface area contributed by atoms with Crippen LogP contribution in [0, 0.1) is 6.92 Å². The summed E-state index contributed by atoms with van der Waals surface area (Å²) in [7, 11) is 1.52. The van der Waals surface area contributed by atoms with Crippen molar-refractivity contribution in [3.05, 3.63) is 94.1 Å². The van der Waals surface area contributed by atoms with Crippen LogP contribution in [0.2, 0.25) is 5.02 Å². The summed E-state index contributed by atoms with van der Waals surface area (Å²) in [6, 6.07) is 20.4. The van der Waals surface area contributed by atoms with Gasteiger partial charge in [0.05, 0.1) is 12.1 Å². The van der Waals surface area contributed by atoms with Crippen LogP contribution in [0.3, 0.4) is 0 Å². The molecule has 0 unspecified atom stereocenters. The summed E-state index contributed by atoms with van der Waals surface area (Å²) in [5, 5.41) is 0.343. The number of para-hydroxylation sites is 1. The maximum Gasteiger partial charge on any atom is 0.363 e. The number of benzene rings is 3. The lowest BCUT2D eigenvalue weighted by molar-refractivity contribution is -0.129. The fourth-order valence-electron chi connectivity index (χ4n) is 3.25. The smallest absolute Gasteiger partial charge is 0.363 e.